The van der Waals surface area contributed by atoms with Crippen molar-refractivity contribution in [2.24, 2.45) is 0 Å². The molecule has 2 aromatic carbocycles. The second kappa shape index (κ2) is 9.38. The second-order valence-electron chi connectivity index (χ2n) is 6.69. The fourth-order valence-corrected chi connectivity index (χ4v) is 3.46. The number of carbonyl (C=O) groups is 2. The van der Waals surface area contributed by atoms with Gasteiger partial charge >= 0.3 is 5.97 Å². The number of esters is 1. The standard InChI is InChI=1S/C24H25NO6/c1-6-31-18-10-8-17(9-11-18)25-15(2)22(24(27)30-5)19(23(25)26)13-16-7-12-20(28-3)21(14-16)29-4/h7-14H,6H2,1-5H3/b19-13-. The number of amides is 1. The van der Waals surface area contributed by atoms with Crippen molar-refractivity contribution in [1.29, 1.82) is 0 Å². The lowest BCUT2D eigenvalue weighted by Gasteiger charge is -2.18. The molecule has 2 aromatic rings. The zero-order chi connectivity index (χ0) is 22.5. The largest absolute Gasteiger partial charge is 0.494 e. The van der Waals surface area contributed by atoms with Crippen LogP contribution < -0.4 is 19.1 Å². The molecule has 7 nitrogen and oxygen atoms in total. The van der Waals surface area contributed by atoms with Crippen molar-refractivity contribution < 1.29 is 28.5 Å². The Morgan fingerprint density at radius 1 is 1.00 bits per heavy atom. The summed E-state index contributed by atoms with van der Waals surface area (Å²) in [5.41, 5.74) is 2.26. The van der Waals surface area contributed by atoms with Gasteiger partial charge in [0.05, 0.1) is 39.1 Å². The summed E-state index contributed by atoms with van der Waals surface area (Å²) in [4.78, 5) is 27.4. The Morgan fingerprint density at radius 2 is 1.68 bits per heavy atom. The summed E-state index contributed by atoms with van der Waals surface area (Å²) in [7, 11) is 4.38. The predicted molar refractivity (Wildman–Crippen MR) is 117 cm³/mol. The van der Waals surface area contributed by atoms with Crippen LogP contribution >= 0.6 is 0 Å². The molecule has 1 heterocycles. The van der Waals surface area contributed by atoms with E-state index in [4.69, 9.17) is 18.9 Å². The maximum Gasteiger partial charge on any atom is 0.340 e. The summed E-state index contributed by atoms with van der Waals surface area (Å²) < 4.78 is 21.0. The van der Waals surface area contributed by atoms with Gasteiger partial charge in [0.25, 0.3) is 5.91 Å². The van der Waals surface area contributed by atoms with Crippen LogP contribution in [0.4, 0.5) is 5.69 Å². The van der Waals surface area contributed by atoms with E-state index in [0.717, 1.165) is 0 Å². The number of rotatable bonds is 7. The smallest absolute Gasteiger partial charge is 0.340 e. The van der Waals surface area contributed by atoms with E-state index in [-0.39, 0.29) is 17.1 Å². The molecular weight excluding hydrogens is 398 g/mol. The Bertz CT molecular complexity index is 1050. The van der Waals surface area contributed by atoms with Crippen LogP contribution in [0.5, 0.6) is 17.2 Å². The lowest BCUT2D eigenvalue weighted by molar-refractivity contribution is -0.136. The third-order valence-corrected chi connectivity index (χ3v) is 4.91. The van der Waals surface area contributed by atoms with Gasteiger partial charge in [-0.25, -0.2) is 4.79 Å². The Kier molecular flexibility index (Phi) is 6.65. The summed E-state index contributed by atoms with van der Waals surface area (Å²) >= 11 is 0. The highest BCUT2D eigenvalue weighted by Crippen LogP contribution is 2.37. The molecule has 0 unspecified atom stereocenters. The topological polar surface area (TPSA) is 74.3 Å². The van der Waals surface area contributed by atoms with Crippen LogP contribution in [0, 0.1) is 0 Å². The SMILES string of the molecule is CCOc1ccc(N2C(=O)/C(=C\c3ccc(OC)c(OC)c3)C(C(=O)OC)=C2C)cc1. The van der Waals surface area contributed by atoms with Gasteiger partial charge in [-0.05, 0) is 61.9 Å². The van der Waals surface area contributed by atoms with Gasteiger partial charge in [-0.3, -0.25) is 9.69 Å². The van der Waals surface area contributed by atoms with Crippen molar-refractivity contribution in [2.75, 3.05) is 32.8 Å². The summed E-state index contributed by atoms with van der Waals surface area (Å²) in [5.74, 6) is 0.890. The van der Waals surface area contributed by atoms with Crippen LogP contribution in [0.25, 0.3) is 6.08 Å². The van der Waals surface area contributed by atoms with Crippen LogP contribution in [0.2, 0.25) is 0 Å². The monoisotopic (exact) mass is 423 g/mol. The van der Waals surface area contributed by atoms with Crippen LogP contribution in [0.1, 0.15) is 19.4 Å². The normalized spacial score (nSPS) is 14.8. The maximum atomic E-state index is 13.4. The first kappa shape index (κ1) is 22.0. The highest BCUT2D eigenvalue weighted by molar-refractivity contribution is 6.23. The van der Waals surface area contributed by atoms with Gasteiger partial charge in [0.2, 0.25) is 0 Å². The van der Waals surface area contributed by atoms with Crippen LogP contribution in [-0.4, -0.2) is 39.8 Å². The van der Waals surface area contributed by atoms with Crippen molar-refractivity contribution in [2.45, 2.75) is 13.8 Å². The molecule has 1 aliphatic rings. The summed E-state index contributed by atoms with van der Waals surface area (Å²) in [6.45, 7) is 4.17. The quantitative estimate of drug-likeness (QED) is 0.495. The molecule has 0 spiro atoms. The maximum absolute atomic E-state index is 13.4. The van der Waals surface area contributed by atoms with E-state index in [0.29, 0.717) is 40.8 Å². The molecule has 31 heavy (non-hydrogen) atoms. The van der Waals surface area contributed by atoms with Crippen molar-refractivity contribution in [1.82, 2.24) is 0 Å². The van der Waals surface area contributed by atoms with Gasteiger partial charge in [0, 0.05) is 11.4 Å². The van der Waals surface area contributed by atoms with Gasteiger partial charge in [-0.15, -0.1) is 0 Å². The molecule has 0 saturated heterocycles. The lowest BCUT2D eigenvalue weighted by atomic mass is 10.0. The molecule has 7 heteroatoms. The summed E-state index contributed by atoms with van der Waals surface area (Å²) in [5, 5.41) is 0. The van der Waals surface area contributed by atoms with Gasteiger partial charge in [-0.2, -0.15) is 0 Å². The number of methoxy groups -OCH3 is 3. The van der Waals surface area contributed by atoms with Crippen molar-refractivity contribution >= 4 is 23.6 Å². The molecule has 0 N–H and O–H groups in total. The Hall–Kier alpha value is -3.74. The minimum atomic E-state index is -0.578. The molecule has 0 saturated carbocycles. The third-order valence-electron chi connectivity index (χ3n) is 4.91. The number of hydrogen-bond acceptors (Lipinski definition) is 6. The zero-order valence-corrected chi connectivity index (χ0v) is 18.2. The number of benzene rings is 2. The number of nitrogens with zero attached hydrogens (tertiary/aromatic N) is 1. The van der Waals surface area contributed by atoms with Gasteiger partial charge < -0.3 is 18.9 Å². The fourth-order valence-electron chi connectivity index (χ4n) is 3.46. The van der Waals surface area contributed by atoms with E-state index in [1.54, 1.807) is 62.6 Å². The first-order valence-corrected chi connectivity index (χ1v) is 9.75. The molecule has 0 aromatic heterocycles. The molecular formula is C24H25NO6. The summed E-state index contributed by atoms with van der Waals surface area (Å²) in [6, 6.07) is 12.4. The van der Waals surface area contributed by atoms with Crippen LogP contribution in [0.15, 0.2) is 59.3 Å². The average Bonchev–Trinajstić information content (AvgIpc) is 3.03. The molecule has 162 valence electrons. The highest BCUT2D eigenvalue weighted by Gasteiger charge is 2.37. The van der Waals surface area contributed by atoms with E-state index in [2.05, 4.69) is 0 Å². The van der Waals surface area contributed by atoms with E-state index in [1.807, 2.05) is 6.92 Å². The molecule has 0 atom stereocenters. The zero-order valence-electron chi connectivity index (χ0n) is 18.2. The predicted octanol–water partition coefficient (Wildman–Crippen LogP) is 3.98. The minimum Gasteiger partial charge on any atom is -0.494 e. The van der Waals surface area contributed by atoms with Crippen LogP contribution in [0.3, 0.4) is 0 Å². The minimum absolute atomic E-state index is 0.219. The third kappa shape index (κ3) is 4.26. The molecule has 0 radical (unpaired) electrons. The number of anilines is 1. The molecule has 3 rings (SSSR count). The van der Waals surface area contributed by atoms with Gasteiger partial charge in [-0.1, -0.05) is 6.07 Å². The summed E-state index contributed by atoms with van der Waals surface area (Å²) in [6.07, 6.45) is 1.65. The van der Waals surface area contributed by atoms with Gasteiger partial charge in [0.1, 0.15) is 5.75 Å². The number of ether oxygens (including phenoxy) is 4. The molecule has 0 bridgehead atoms. The van der Waals surface area contributed by atoms with Crippen molar-refractivity contribution in [3.05, 3.63) is 64.9 Å². The molecule has 1 amide bonds. The molecule has 0 aliphatic carbocycles. The number of hydrogen-bond donors (Lipinski definition) is 0. The number of allylic oxidation sites excluding steroid dienone is 1. The second-order valence-corrected chi connectivity index (χ2v) is 6.69. The Morgan fingerprint density at radius 3 is 2.26 bits per heavy atom. The average molecular weight is 423 g/mol. The van der Waals surface area contributed by atoms with Crippen LogP contribution in [-0.2, 0) is 14.3 Å². The Balaban J connectivity index is 2.07. The first-order valence-electron chi connectivity index (χ1n) is 9.75. The van der Waals surface area contributed by atoms with E-state index in [9.17, 15) is 9.59 Å². The van der Waals surface area contributed by atoms with E-state index < -0.39 is 5.97 Å². The number of carbonyl (C=O) groups excluding carboxylic acids is 2. The lowest BCUT2D eigenvalue weighted by Crippen LogP contribution is -2.24. The van der Waals surface area contributed by atoms with Crippen molar-refractivity contribution in [3.63, 3.8) is 0 Å². The molecule has 0 fully saturated rings. The highest BCUT2D eigenvalue weighted by atomic mass is 16.5. The van der Waals surface area contributed by atoms with E-state index >= 15 is 0 Å². The van der Waals surface area contributed by atoms with Crippen molar-refractivity contribution in [3.8, 4) is 17.2 Å². The fraction of sp³-hybridized carbons (Fsp3) is 0.250. The van der Waals surface area contributed by atoms with E-state index in [1.165, 1.54) is 19.1 Å². The Labute approximate surface area is 181 Å². The van der Waals surface area contributed by atoms with Gasteiger partial charge in [0.15, 0.2) is 11.5 Å². The molecule has 1 aliphatic heterocycles. The first-order chi connectivity index (χ1) is 14.9.